The zero-order chi connectivity index (χ0) is 12.1. The average Bonchev–Trinajstić information content (AvgIpc) is 2.81. The summed E-state index contributed by atoms with van der Waals surface area (Å²) in [4.78, 5) is 0. The Labute approximate surface area is 110 Å². The fourth-order valence-corrected chi connectivity index (χ4v) is 2.58. The molecule has 0 atom stereocenters. The molecule has 0 heterocycles. The van der Waals surface area contributed by atoms with Crippen LogP contribution in [0.1, 0.15) is 31.2 Å². The van der Waals surface area contributed by atoms with E-state index in [0.717, 1.165) is 23.1 Å². The van der Waals surface area contributed by atoms with Gasteiger partial charge in [-0.25, -0.2) is 0 Å². The molecule has 0 radical (unpaired) electrons. The summed E-state index contributed by atoms with van der Waals surface area (Å²) in [5.74, 6) is 0. The Morgan fingerprint density at radius 1 is 1.35 bits per heavy atom. The molecule has 2 nitrogen and oxygen atoms in total. The van der Waals surface area contributed by atoms with Crippen molar-refractivity contribution in [3.63, 3.8) is 0 Å². The molecule has 88 valence electrons. The second-order valence-corrected chi connectivity index (χ2v) is 5.19. The lowest BCUT2D eigenvalue weighted by Crippen LogP contribution is -2.02. The highest BCUT2D eigenvalue weighted by molar-refractivity contribution is 9.10. The van der Waals surface area contributed by atoms with Crippen molar-refractivity contribution in [2.24, 2.45) is 0 Å². The van der Waals surface area contributed by atoms with Gasteiger partial charge in [0.25, 0.3) is 0 Å². The standard InChI is InChI=1S/C14H15BrN2/c15-13-7-12(10-16)8-14(9-13)17-6-5-11-3-1-2-4-11/h3,7-9,17H,1-2,4-6H2. The van der Waals surface area contributed by atoms with Gasteiger partial charge in [0.1, 0.15) is 0 Å². The smallest absolute Gasteiger partial charge is 0.0992 e. The summed E-state index contributed by atoms with van der Waals surface area (Å²) in [6, 6.07) is 7.87. The van der Waals surface area contributed by atoms with Gasteiger partial charge < -0.3 is 5.32 Å². The highest BCUT2D eigenvalue weighted by atomic mass is 79.9. The van der Waals surface area contributed by atoms with Crippen molar-refractivity contribution in [3.8, 4) is 6.07 Å². The van der Waals surface area contributed by atoms with Crippen LogP contribution < -0.4 is 5.32 Å². The van der Waals surface area contributed by atoms with Crippen molar-refractivity contribution in [1.29, 1.82) is 5.26 Å². The van der Waals surface area contributed by atoms with Gasteiger partial charge in [-0.1, -0.05) is 27.6 Å². The van der Waals surface area contributed by atoms with Gasteiger partial charge in [0, 0.05) is 16.7 Å². The van der Waals surface area contributed by atoms with Gasteiger partial charge >= 0.3 is 0 Å². The van der Waals surface area contributed by atoms with E-state index in [-0.39, 0.29) is 0 Å². The minimum atomic E-state index is 0.682. The molecule has 2 rings (SSSR count). The lowest BCUT2D eigenvalue weighted by atomic mass is 10.1. The summed E-state index contributed by atoms with van der Waals surface area (Å²) in [7, 11) is 0. The Hall–Kier alpha value is -1.27. The van der Waals surface area contributed by atoms with Crippen molar-refractivity contribution < 1.29 is 0 Å². The molecular formula is C14H15BrN2. The van der Waals surface area contributed by atoms with Gasteiger partial charge in [-0.3, -0.25) is 0 Å². The molecule has 1 aromatic carbocycles. The Balaban J connectivity index is 1.90. The Bertz CT molecular complexity index is 472. The zero-order valence-electron chi connectivity index (χ0n) is 9.67. The van der Waals surface area contributed by atoms with E-state index in [1.54, 1.807) is 5.57 Å². The van der Waals surface area contributed by atoms with E-state index in [9.17, 15) is 0 Å². The summed E-state index contributed by atoms with van der Waals surface area (Å²) in [5, 5.41) is 12.2. The summed E-state index contributed by atoms with van der Waals surface area (Å²) in [6.45, 7) is 0.938. The lowest BCUT2D eigenvalue weighted by Gasteiger charge is -2.08. The van der Waals surface area contributed by atoms with Crippen LogP contribution in [-0.4, -0.2) is 6.54 Å². The predicted octanol–water partition coefficient (Wildman–Crippen LogP) is 4.23. The molecule has 1 aliphatic carbocycles. The monoisotopic (exact) mass is 290 g/mol. The Morgan fingerprint density at radius 3 is 2.94 bits per heavy atom. The number of hydrogen-bond donors (Lipinski definition) is 1. The minimum Gasteiger partial charge on any atom is -0.385 e. The van der Waals surface area contributed by atoms with Crippen LogP contribution in [-0.2, 0) is 0 Å². The number of rotatable bonds is 4. The molecule has 0 saturated heterocycles. The van der Waals surface area contributed by atoms with Crippen LogP contribution in [0.5, 0.6) is 0 Å². The molecule has 17 heavy (non-hydrogen) atoms. The lowest BCUT2D eigenvalue weighted by molar-refractivity contribution is 0.863. The number of hydrogen-bond acceptors (Lipinski definition) is 2. The second-order valence-electron chi connectivity index (χ2n) is 4.27. The van der Waals surface area contributed by atoms with Crippen LogP contribution in [0.25, 0.3) is 0 Å². The van der Waals surface area contributed by atoms with E-state index in [0.29, 0.717) is 5.56 Å². The Kier molecular flexibility index (Phi) is 4.22. The highest BCUT2D eigenvalue weighted by Gasteiger charge is 2.04. The third-order valence-corrected chi connectivity index (χ3v) is 3.39. The second kappa shape index (κ2) is 5.88. The van der Waals surface area contributed by atoms with Gasteiger partial charge in [0.15, 0.2) is 0 Å². The molecule has 0 unspecified atom stereocenters. The molecule has 3 heteroatoms. The van der Waals surface area contributed by atoms with Crippen molar-refractivity contribution in [2.75, 3.05) is 11.9 Å². The molecule has 0 saturated carbocycles. The summed E-state index contributed by atoms with van der Waals surface area (Å²) in [6.07, 6.45) is 7.26. The number of allylic oxidation sites excluding steroid dienone is 1. The third-order valence-electron chi connectivity index (χ3n) is 2.94. The normalized spacial score (nSPS) is 14.2. The number of nitriles is 1. The first-order valence-corrected chi connectivity index (χ1v) is 6.70. The maximum absolute atomic E-state index is 8.88. The first-order chi connectivity index (χ1) is 8.28. The van der Waals surface area contributed by atoms with Crippen molar-refractivity contribution in [3.05, 3.63) is 39.9 Å². The van der Waals surface area contributed by atoms with Gasteiger partial charge in [-0.15, -0.1) is 0 Å². The van der Waals surface area contributed by atoms with Crippen LogP contribution in [0.4, 0.5) is 5.69 Å². The number of anilines is 1. The van der Waals surface area contributed by atoms with Crippen LogP contribution in [0.3, 0.4) is 0 Å². The number of nitrogens with zero attached hydrogens (tertiary/aromatic N) is 1. The SMILES string of the molecule is N#Cc1cc(Br)cc(NCCC2=CCCC2)c1. The van der Waals surface area contributed by atoms with Gasteiger partial charge in [0.2, 0.25) is 0 Å². The molecule has 1 aliphatic rings. The first kappa shape index (κ1) is 12.2. The van der Waals surface area contributed by atoms with Gasteiger partial charge in [0.05, 0.1) is 11.6 Å². The highest BCUT2D eigenvalue weighted by Crippen LogP contribution is 2.22. The van der Waals surface area contributed by atoms with Crippen molar-refractivity contribution >= 4 is 21.6 Å². The quantitative estimate of drug-likeness (QED) is 0.842. The largest absolute Gasteiger partial charge is 0.385 e. The van der Waals surface area contributed by atoms with Crippen LogP contribution in [0.2, 0.25) is 0 Å². The number of nitrogens with one attached hydrogen (secondary N) is 1. The average molecular weight is 291 g/mol. The molecule has 1 aromatic rings. The summed E-state index contributed by atoms with van der Waals surface area (Å²) in [5.41, 5.74) is 3.25. The third kappa shape index (κ3) is 3.61. The topological polar surface area (TPSA) is 35.8 Å². The molecule has 0 fully saturated rings. The van der Waals surface area contributed by atoms with E-state index in [1.165, 1.54) is 19.3 Å². The van der Waals surface area contributed by atoms with E-state index >= 15 is 0 Å². The summed E-state index contributed by atoms with van der Waals surface area (Å²) < 4.78 is 0.944. The van der Waals surface area contributed by atoms with Gasteiger partial charge in [-0.05, 0) is 43.9 Å². The molecule has 1 N–H and O–H groups in total. The van der Waals surface area contributed by atoms with Crippen LogP contribution >= 0.6 is 15.9 Å². The zero-order valence-corrected chi connectivity index (χ0v) is 11.3. The number of halogens is 1. The molecular weight excluding hydrogens is 276 g/mol. The fraction of sp³-hybridized carbons (Fsp3) is 0.357. The van der Waals surface area contributed by atoms with Crippen LogP contribution in [0, 0.1) is 11.3 Å². The van der Waals surface area contributed by atoms with E-state index in [4.69, 9.17) is 5.26 Å². The Morgan fingerprint density at radius 2 is 2.24 bits per heavy atom. The molecule has 0 spiro atoms. The van der Waals surface area contributed by atoms with Gasteiger partial charge in [-0.2, -0.15) is 5.26 Å². The van der Waals surface area contributed by atoms with E-state index in [2.05, 4.69) is 33.4 Å². The molecule has 0 amide bonds. The molecule has 0 aromatic heterocycles. The van der Waals surface area contributed by atoms with Crippen LogP contribution in [0.15, 0.2) is 34.3 Å². The fourth-order valence-electron chi connectivity index (χ4n) is 2.09. The van der Waals surface area contributed by atoms with Crippen molar-refractivity contribution in [1.82, 2.24) is 0 Å². The minimum absolute atomic E-state index is 0.682. The first-order valence-electron chi connectivity index (χ1n) is 5.90. The van der Waals surface area contributed by atoms with E-state index in [1.807, 2.05) is 18.2 Å². The summed E-state index contributed by atoms with van der Waals surface area (Å²) >= 11 is 3.41. The maximum atomic E-state index is 8.88. The maximum Gasteiger partial charge on any atom is 0.0992 e. The molecule has 0 bridgehead atoms. The number of benzene rings is 1. The van der Waals surface area contributed by atoms with E-state index < -0.39 is 0 Å². The molecule has 0 aliphatic heterocycles. The van der Waals surface area contributed by atoms with Crippen molar-refractivity contribution in [2.45, 2.75) is 25.7 Å². The predicted molar refractivity (Wildman–Crippen MR) is 73.9 cm³/mol.